The predicted molar refractivity (Wildman–Crippen MR) is 63.7 cm³/mol. The van der Waals surface area contributed by atoms with E-state index in [9.17, 15) is 9.59 Å². The Morgan fingerprint density at radius 3 is 1.94 bits per heavy atom. The van der Waals surface area contributed by atoms with Gasteiger partial charge in [0.05, 0.1) is 6.10 Å². The third-order valence-corrected chi connectivity index (χ3v) is 1.93. The molecule has 102 valence electrons. The van der Waals surface area contributed by atoms with E-state index in [4.69, 9.17) is 21.1 Å². The van der Waals surface area contributed by atoms with Gasteiger partial charge in [-0.1, -0.05) is 20.3 Å². The molecule has 6 heteroatoms. The first-order valence-electron chi connectivity index (χ1n) is 5.73. The minimum atomic E-state index is -1.06. The molecule has 6 nitrogen and oxygen atoms in total. The summed E-state index contributed by atoms with van der Waals surface area (Å²) < 4.78 is 0. The highest BCUT2D eigenvalue weighted by Crippen LogP contribution is 2.03. The van der Waals surface area contributed by atoms with Crippen molar-refractivity contribution in [3.8, 4) is 0 Å². The van der Waals surface area contributed by atoms with Crippen LogP contribution in [0.25, 0.3) is 0 Å². The van der Waals surface area contributed by atoms with Gasteiger partial charge < -0.3 is 21.1 Å². The highest BCUT2D eigenvalue weighted by atomic mass is 16.4. The maximum absolute atomic E-state index is 10.2. The van der Waals surface area contributed by atoms with Gasteiger partial charge in [-0.15, -0.1) is 0 Å². The first-order chi connectivity index (χ1) is 7.84. The zero-order valence-electron chi connectivity index (χ0n) is 10.4. The van der Waals surface area contributed by atoms with Crippen LogP contribution in [-0.4, -0.2) is 39.4 Å². The second-order valence-electron chi connectivity index (χ2n) is 3.77. The number of aliphatic hydroxyl groups is 1. The van der Waals surface area contributed by atoms with Gasteiger partial charge >= 0.3 is 11.9 Å². The maximum Gasteiger partial charge on any atom is 0.320 e. The van der Waals surface area contributed by atoms with Crippen molar-refractivity contribution in [3.05, 3.63) is 0 Å². The van der Waals surface area contributed by atoms with E-state index in [1.54, 1.807) is 0 Å². The third kappa shape index (κ3) is 14.9. The van der Waals surface area contributed by atoms with Crippen LogP contribution in [0.3, 0.4) is 0 Å². The van der Waals surface area contributed by atoms with E-state index >= 15 is 0 Å². The molecule has 0 amide bonds. The molecular weight excluding hydrogens is 226 g/mol. The van der Waals surface area contributed by atoms with Crippen molar-refractivity contribution in [2.75, 3.05) is 0 Å². The molecular formula is C11H23NO5. The largest absolute Gasteiger partial charge is 0.481 e. The number of aliphatic carboxylic acids is 2. The van der Waals surface area contributed by atoms with Gasteiger partial charge in [0.1, 0.15) is 6.04 Å². The summed E-state index contributed by atoms with van der Waals surface area (Å²) in [4.78, 5) is 19.8. The normalized spacial score (nSPS) is 13.2. The number of nitrogens with two attached hydrogens (primary N) is 1. The van der Waals surface area contributed by atoms with Gasteiger partial charge in [0, 0.05) is 6.42 Å². The van der Waals surface area contributed by atoms with Gasteiger partial charge in [0.15, 0.2) is 0 Å². The number of rotatable bonds is 7. The summed E-state index contributed by atoms with van der Waals surface area (Å²) in [6.07, 6.45) is 2.04. The highest BCUT2D eigenvalue weighted by Gasteiger charge is 2.15. The molecule has 17 heavy (non-hydrogen) atoms. The van der Waals surface area contributed by atoms with E-state index in [0.717, 1.165) is 12.8 Å². The van der Waals surface area contributed by atoms with E-state index in [1.807, 2.05) is 13.8 Å². The van der Waals surface area contributed by atoms with Crippen molar-refractivity contribution >= 4 is 11.9 Å². The Hall–Kier alpha value is -1.14. The molecule has 0 saturated heterocycles. The van der Waals surface area contributed by atoms with Crippen molar-refractivity contribution < 1.29 is 24.9 Å². The lowest BCUT2D eigenvalue weighted by Crippen LogP contribution is -2.33. The van der Waals surface area contributed by atoms with Crippen LogP contribution in [-0.2, 0) is 9.59 Å². The van der Waals surface area contributed by atoms with E-state index in [1.165, 1.54) is 0 Å². The van der Waals surface area contributed by atoms with Crippen LogP contribution >= 0.6 is 0 Å². The average molecular weight is 249 g/mol. The smallest absolute Gasteiger partial charge is 0.320 e. The molecule has 0 radical (unpaired) electrons. The summed E-state index contributed by atoms with van der Waals surface area (Å²) in [6.45, 7) is 3.77. The van der Waals surface area contributed by atoms with Crippen molar-refractivity contribution in [2.45, 2.75) is 58.1 Å². The quantitative estimate of drug-likeness (QED) is 0.530. The molecule has 0 saturated carbocycles. The van der Waals surface area contributed by atoms with E-state index in [2.05, 4.69) is 0 Å². The molecule has 0 spiro atoms. The second-order valence-corrected chi connectivity index (χ2v) is 3.77. The Morgan fingerprint density at radius 1 is 1.18 bits per heavy atom. The van der Waals surface area contributed by atoms with Crippen molar-refractivity contribution in [1.29, 1.82) is 0 Å². The van der Waals surface area contributed by atoms with Crippen LogP contribution in [0.2, 0.25) is 0 Å². The van der Waals surface area contributed by atoms with Gasteiger partial charge in [-0.05, 0) is 19.3 Å². The summed E-state index contributed by atoms with van der Waals surface area (Å²) in [6, 6.07) is -0.934. The Morgan fingerprint density at radius 2 is 1.71 bits per heavy atom. The minimum absolute atomic E-state index is 0.142. The molecule has 0 fully saturated rings. The van der Waals surface area contributed by atoms with Crippen LogP contribution in [0.1, 0.15) is 46.0 Å². The lowest BCUT2D eigenvalue weighted by atomic mass is 10.1. The van der Waals surface area contributed by atoms with Gasteiger partial charge in [0.25, 0.3) is 0 Å². The highest BCUT2D eigenvalue weighted by molar-refractivity contribution is 5.73. The summed E-state index contributed by atoms with van der Waals surface area (Å²) in [5.41, 5.74) is 5.19. The third-order valence-electron chi connectivity index (χ3n) is 1.93. The van der Waals surface area contributed by atoms with Crippen LogP contribution in [0.15, 0.2) is 0 Å². The predicted octanol–water partition coefficient (Wildman–Crippen LogP) is 0.821. The molecule has 0 bridgehead atoms. The fourth-order valence-electron chi connectivity index (χ4n) is 1.06. The molecule has 1 unspecified atom stereocenters. The molecule has 0 rings (SSSR count). The number of carboxylic acids is 2. The first-order valence-corrected chi connectivity index (χ1v) is 5.73. The summed E-state index contributed by atoms with van der Waals surface area (Å²) >= 11 is 0. The molecule has 0 aliphatic heterocycles. The fourth-order valence-corrected chi connectivity index (χ4v) is 1.06. The zero-order chi connectivity index (χ0) is 13.8. The standard InChI is InChI=1S/C7H15NO3.C4H8O2/c1-2-3-5(9)4-6(8)7(10)11;1-2-3-4(5)6/h5-6,9H,2-4,8H2,1H3,(H,10,11);2-3H2,1H3,(H,5,6)/t5?,6-;/m0./s1. The molecule has 2 atom stereocenters. The van der Waals surface area contributed by atoms with E-state index in [0.29, 0.717) is 12.8 Å². The molecule has 0 aromatic heterocycles. The Kier molecular flexibility index (Phi) is 12.2. The summed E-state index contributed by atoms with van der Waals surface area (Å²) in [5.74, 6) is -1.77. The molecule has 5 N–H and O–H groups in total. The van der Waals surface area contributed by atoms with Gasteiger partial charge in [-0.3, -0.25) is 9.59 Å². The molecule has 0 heterocycles. The van der Waals surface area contributed by atoms with Crippen molar-refractivity contribution in [1.82, 2.24) is 0 Å². The number of hydrogen-bond acceptors (Lipinski definition) is 4. The summed E-state index contributed by atoms with van der Waals surface area (Å²) in [7, 11) is 0. The van der Waals surface area contributed by atoms with Crippen LogP contribution in [0, 0.1) is 0 Å². The van der Waals surface area contributed by atoms with E-state index < -0.39 is 24.1 Å². The Labute approximate surface area is 101 Å². The van der Waals surface area contributed by atoms with Gasteiger partial charge in [-0.2, -0.15) is 0 Å². The molecule has 0 aromatic rings. The SMILES string of the molecule is CCCC(=O)O.CCCC(O)C[C@H](N)C(=O)O. The number of aliphatic hydroxyl groups excluding tert-OH is 1. The van der Waals surface area contributed by atoms with Gasteiger partial charge in [0.2, 0.25) is 0 Å². The number of hydrogen-bond donors (Lipinski definition) is 4. The lowest BCUT2D eigenvalue weighted by molar-refractivity contribution is -0.139. The monoisotopic (exact) mass is 249 g/mol. The lowest BCUT2D eigenvalue weighted by Gasteiger charge is -2.11. The molecule has 0 aliphatic carbocycles. The topological polar surface area (TPSA) is 121 Å². The van der Waals surface area contributed by atoms with Gasteiger partial charge in [-0.25, -0.2) is 0 Å². The van der Waals surface area contributed by atoms with E-state index in [-0.39, 0.29) is 6.42 Å². The average Bonchev–Trinajstić information content (AvgIpc) is 2.18. The fraction of sp³-hybridized carbons (Fsp3) is 0.818. The minimum Gasteiger partial charge on any atom is -0.481 e. The van der Waals surface area contributed by atoms with Crippen LogP contribution in [0.5, 0.6) is 0 Å². The van der Waals surface area contributed by atoms with Crippen molar-refractivity contribution in [3.63, 3.8) is 0 Å². The molecule has 0 aromatic carbocycles. The number of carbonyl (C=O) groups is 2. The van der Waals surface area contributed by atoms with Crippen LogP contribution in [0.4, 0.5) is 0 Å². The number of carboxylic acid groups (broad SMARTS) is 2. The summed E-state index contributed by atoms with van der Waals surface area (Å²) in [5, 5.41) is 25.4. The second kappa shape index (κ2) is 11.3. The molecule has 0 aliphatic rings. The first kappa shape index (κ1) is 18.2. The zero-order valence-corrected chi connectivity index (χ0v) is 10.4. The Balaban J connectivity index is 0. The van der Waals surface area contributed by atoms with Crippen LogP contribution < -0.4 is 5.73 Å². The Bertz CT molecular complexity index is 220. The maximum atomic E-state index is 10.2. The van der Waals surface area contributed by atoms with Crippen molar-refractivity contribution in [2.24, 2.45) is 5.73 Å².